The Morgan fingerprint density at radius 1 is 1.20 bits per heavy atom. The second-order valence-corrected chi connectivity index (χ2v) is 7.20. The number of sulfonamides is 1. The number of hydrogen-bond acceptors (Lipinski definition) is 3. The fourth-order valence-electron chi connectivity index (χ4n) is 1.96. The Morgan fingerprint density at radius 2 is 1.88 bits per heavy atom. The number of carbonyl (C=O) groups is 1. The summed E-state index contributed by atoms with van der Waals surface area (Å²) in [6.45, 7) is 2.00. The van der Waals surface area contributed by atoms with Gasteiger partial charge in [-0.15, -0.1) is 0 Å². The maximum Gasteiger partial charge on any atom is 0.248 e. The summed E-state index contributed by atoms with van der Waals surface area (Å²) >= 11 is 5.65. The molecule has 0 bridgehead atoms. The molecule has 2 aromatic carbocycles. The van der Waals surface area contributed by atoms with Crippen molar-refractivity contribution >= 4 is 39.3 Å². The minimum Gasteiger partial charge on any atom is -0.322 e. The van der Waals surface area contributed by atoms with Gasteiger partial charge in [0, 0.05) is 18.3 Å². The summed E-state index contributed by atoms with van der Waals surface area (Å²) < 4.78 is 39.1. The van der Waals surface area contributed by atoms with Crippen molar-refractivity contribution < 1.29 is 17.6 Å². The Labute approximate surface area is 150 Å². The SMILES string of the molecule is CCNS(=O)(=O)c1ccc(/C=C/C(=O)Nc2ccc(F)c(Cl)c2)cc1. The number of anilines is 1. The number of benzene rings is 2. The number of nitrogens with one attached hydrogen (secondary N) is 2. The van der Waals surface area contributed by atoms with Gasteiger partial charge >= 0.3 is 0 Å². The van der Waals surface area contributed by atoms with Crippen LogP contribution in [0, 0.1) is 5.82 Å². The third kappa shape index (κ3) is 5.38. The normalized spacial score (nSPS) is 11.6. The average molecular weight is 383 g/mol. The van der Waals surface area contributed by atoms with Gasteiger partial charge in [-0.05, 0) is 42.0 Å². The molecule has 0 aliphatic rings. The highest BCUT2D eigenvalue weighted by Crippen LogP contribution is 2.19. The molecule has 1 amide bonds. The molecule has 0 spiro atoms. The van der Waals surface area contributed by atoms with E-state index in [0.717, 1.165) is 6.07 Å². The van der Waals surface area contributed by atoms with Crippen molar-refractivity contribution in [3.05, 3.63) is 64.9 Å². The number of amides is 1. The first kappa shape index (κ1) is 19.1. The van der Waals surface area contributed by atoms with Crippen LogP contribution in [0.25, 0.3) is 6.08 Å². The molecule has 0 saturated heterocycles. The molecule has 132 valence electrons. The summed E-state index contributed by atoms with van der Waals surface area (Å²) in [6.07, 6.45) is 2.81. The van der Waals surface area contributed by atoms with Gasteiger partial charge in [-0.2, -0.15) is 0 Å². The molecule has 0 atom stereocenters. The molecular formula is C17H16ClFN2O3S. The van der Waals surface area contributed by atoms with E-state index in [2.05, 4.69) is 10.0 Å². The van der Waals surface area contributed by atoms with E-state index in [0.29, 0.717) is 17.8 Å². The van der Waals surface area contributed by atoms with E-state index in [1.807, 2.05) is 0 Å². The molecule has 0 unspecified atom stereocenters. The quantitative estimate of drug-likeness (QED) is 0.751. The Kier molecular flexibility index (Phi) is 6.30. The van der Waals surface area contributed by atoms with Gasteiger partial charge in [-0.3, -0.25) is 4.79 Å². The van der Waals surface area contributed by atoms with Crippen molar-refractivity contribution in [3.63, 3.8) is 0 Å². The standard InChI is InChI=1S/C17H16ClFN2O3S/c1-2-20-25(23,24)14-7-3-12(4-8-14)5-10-17(22)21-13-6-9-16(19)15(18)11-13/h3-11,20H,2H2,1H3,(H,21,22)/b10-5+. The summed E-state index contributed by atoms with van der Waals surface area (Å²) in [5, 5.41) is 2.47. The molecule has 0 aliphatic carbocycles. The Bertz CT molecular complexity index is 897. The van der Waals surface area contributed by atoms with Crippen LogP contribution in [0.5, 0.6) is 0 Å². The monoisotopic (exact) mass is 382 g/mol. The molecule has 5 nitrogen and oxygen atoms in total. The zero-order valence-corrected chi connectivity index (χ0v) is 14.9. The highest BCUT2D eigenvalue weighted by molar-refractivity contribution is 7.89. The van der Waals surface area contributed by atoms with E-state index in [1.54, 1.807) is 19.1 Å². The lowest BCUT2D eigenvalue weighted by molar-refractivity contribution is -0.111. The van der Waals surface area contributed by atoms with Crippen molar-refractivity contribution in [2.75, 3.05) is 11.9 Å². The van der Waals surface area contributed by atoms with Crippen LogP contribution < -0.4 is 10.0 Å². The largest absolute Gasteiger partial charge is 0.322 e. The van der Waals surface area contributed by atoms with Gasteiger partial charge in [0.2, 0.25) is 15.9 Å². The lowest BCUT2D eigenvalue weighted by atomic mass is 10.2. The van der Waals surface area contributed by atoms with Crippen molar-refractivity contribution in [2.24, 2.45) is 0 Å². The van der Waals surface area contributed by atoms with E-state index in [4.69, 9.17) is 11.6 Å². The minimum atomic E-state index is -3.50. The molecule has 0 fully saturated rings. The molecule has 2 rings (SSSR count). The highest BCUT2D eigenvalue weighted by atomic mass is 35.5. The summed E-state index contributed by atoms with van der Waals surface area (Å²) in [5.74, 6) is -0.991. The zero-order chi connectivity index (χ0) is 18.4. The fraction of sp³-hybridized carbons (Fsp3) is 0.118. The van der Waals surface area contributed by atoms with Crippen LogP contribution in [0.3, 0.4) is 0 Å². The maximum absolute atomic E-state index is 13.1. The Hall–Kier alpha value is -2.22. The first-order valence-electron chi connectivity index (χ1n) is 7.35. The van der Waals surface area contributed by atoms with Crippen LogP contribution in [0.2, 0.25) is 5.02 Å². The predicted octanol–water partition coefficient (Wildman–Crippen LogP) is 3.43. The van der Waals surface area contributed by atoms with Crippen LogP contribution in [-0.2, 0) is 14.8 Å². The summed E-state index contributed by atoms with van der Waals surface area (Å²) in [7, 11) is -3.50. The molecule has 0 aromatic heterocycles. The molecule has 2 aromatic rings. The van der Waals surface area contributed by atoms with E-state index < -0.39 is 21.7 Å². The van der Waals surface area contributed by atoms with Crippen LogP contribution in [-0.4, -0.2) is 20.9 Å². The van der Waals surface area contributed by atoms with Gasteiger partial charge in [0.1, 0.15) is 5.82 Å². The number of halogens is 2. The van der Waals surface area contributed by atoms with E-state index >= 15 is 0 Å². The lowest BCUT2D eigenvalue weighted by Gasteiger charge is -2.05. The summed E-state index contributed by atoms with van der Waals surface area (Å²) in [6, 6.07) is 9.94. The molecule has 25 heavy (non-hydrogen) atoms. The number of hydrogen-bond donors (Lipinski definition) is 2. The maximum atomic E-state index is 13.1. The Morgan fingerprint density at radius 3 is 2.48 bits per heavy atom. The third-order valence-corrected chi connectivity index (χ3v) is 4.99. The van der Waals surface area contributed by atoms with Crippen LogP contribution in [0.1, 0.15) is 12.5 Å². The van der Waals surface area contributed by atoms with Gasteiger partial charge in [0.15, 0.2) is 0 Å². The van der Waals surface area contributed by atoms with Crippen LogP contribution >= 0.6 is 11.6 Å². The van der Waals surface area contributed by atoms with Crippen LogP contribution in [0.15, 0.2) is 53.4 Å². The number of carbonyl (C=O) groups excluding carboxylic acids is 1. The second kappa shape index (κ2) is 8.24. The molecule has 0 saturated carbocycles. The van der Waals surface area contributed by atoms with Crippen LogP contribution in [0.4, 0.5) is 10.1 Å². The summed E-state index contributed by atoms with van der Waals surface area (Å²) in [4.78, 5) is 12.0. The second-order valence-electron chi connectivity index (χ2n) is 5.02. The first-order chi connectivity index (χ1) is 11.8. The zero-order valence-electron chi connectivity index (χ0n) is 13.3. The van der Waals surface area contributed by atoms with Gasteiger partial charge in [0.05, 0.1) is 9.92 Å². The lowest BCUT2D eigenvalue weighted by Crippen LogP contribution is -2.22. The van der Waals surface area contributed by atoms with E-state index in [-0.39, 0.29) is 9.92 Å². The highest BCUT2D eigenvalue weighted by Gasteiger charge is 2.11. The molecule has 8 heteroatoms. The number of rotatable bonds is 6. The van der Waals surface area contributed by atoms with Gasteiger partial charge < -0.3 is 5.32 Å². The molecule has 2 N–H and O–H groups in total. The topological polar surface area (TPSA) is 75.3 Å². The van der Waals surface area contributed by atoms with E-state index in [9.17, 15) is 17.6 Å². The van der Waals surface area contributed by atoms with Gasteiger partial charge in [-0.25, -0.2) is 17.5 Å². The van der Waals surface area contributed by atoms with Crippen molar-refractivity contribution in [2.45, 2.75) is 11.8 Å². The average Bonchev–Trinajstić information content (AvgIpc) is 2.57. The third-order valence-electron chi connectivity index (χ3n) is 3.14. The smallest absolute Gasteiger partial charge is 0.248 e. The Balaban J connectivity index is 2.03. The molecule has 0 heterocycles. The minimum absolute atomic E-state index is 0.0840. The van der Waals surface area contributed by atoms with Crippen molar-refractivity contribution in [1.29, 1.82) is 0 Å². The fourth-order valence-corrected chi connectivity index (χ4v) is 3.18. The molecule has 0 radical (unpaired) electrons. The van der Waals surface area contributed by atoms with Crippen molar-refractivity contribution in [1.82, 2.24) is 4.72 Å². The van der Waals surface area contributed by atoms with Crippen molar-refractivity contribution in [3.8, 4) is 0 Å². The van der Waals surface area contributed by atoms with Gasteiger partial charge in [0.25, 0.3) is 0 Å². The molecular weight excluding hydrogens is 367 g/mol. The summed E-state index contributed by atoms with van der Waals surface area (Å²) in [5.41, 5.74) is 1.02. The first-order valence-corrected chi connectivity index (χ1v) is 9.22. The van der Waals surface area contributed by atoms with Gasteiger partial charge in [-0.1, -0.05) is 30.7 Å². The molecule has 0 aliphatic heterocycles. The van der Waals surface area contributed by atoms with E-state index in [1.165, 1.54) is 36.4 Å². The predicted molar refractivity (Wildman–Crippen MR) is 96.4 cm³/mol.